The number of ether oxygens (including phenoxy) is 2. The summed E-state index contributed by atoms with van der Waals surface area (Å²) in [6.45, 7) is 2.35. The average molecular weight is 224 g/mol. The van der Waals surface area contributed by atoms with Gasteiger partial charge in [-0.05, 0) is 0 Å². The van der Waals surface area contributed by atoms with Crippen LogP contribution < -0.4 is 0 Å². The highest BCUT2D eigenvalue weighted by Crippen LogP contribution is 2.25. The Bertz CT molecular complexity index is 307. The van der Waals surface area contributed by atoms with E-state index in [4.69, 9.17) is 0 Å². The zero-order valence-electron chi connectivity index (χ0n) is 7.47. The van der Waals surface area contributed by atoms with Gasteiger partial charge in [-0.3, -0.25) is 4.79 Å². The van der Waals surface area contributed by atoms with Crippen molar-refractivity contribution in [3.05, 3.63) is 12.2 Å². The number of hydrogen-bond acceptors (Lipinski definition) is 4. The van der Waals surface area contributed by atoms with E-state index in [0.29, 0.717) is 0 Å². The van der Waals surface area contributed by atoms with Gasteiger partial charge in [0, 0.05) is 0 Å². The number of carbonyl (C=O) groups excluding carboxylic acids is 2. The van der Waals surface area contributed by atoms with Crippen LogP contribution in [0.3, 0.4) is 0 Å². The van der Waals surface area contributed by atoms with Crippen molar-refractivity contribution in [3.63, 3.8) is 0 Å². The summed E-state index contributed by atoms with van der Waals surface area (Å²) in [4.78, 5) is 21.4. The van der Waals surface area contributed by atoms with Gasteiger partial charge in [0.1, 0.15) is 18.3 Å². The molecule has 4 nitrogen and oxygen atoms in total. The molecule has 84 valence electrons. The highest BCUT2D eigenvalue weighted by atomic mass is 19.4. The fraction of sp³-hybridized carbons (Fsp3) is 0.500. The Kier molecular flexibility index (Phi) is 3.01. The Morgan fingerprint density at radius 2 is 2.13 bits per heavy atom. The minimum atomic E-state index is -4.82. The predicted octanol–water partition coefficient (Wildman–Crippen LogP) is 0.964. The molecular formula is C8H7F3O4. The van der Waals surface area contributed by atoms with E-state index in [1.165, 1.54) is 0 Å². The smallest absolute Gasteiger partial charge is 0.422 e. The monoisotopic (exact) mass is 224 g/mol. The number of alkyl halides is 3. The third kappa shape index (κ3) is 2.97. The molecule has 0 saturated carbocycles. The molecule has 1 aliphatic rings. The Labute approximate surface area is 82.6 Å². The molecule has 0 spiro atoms. The number of halogens is 3. The lowest BCUT2D eigenvalue weighted by Crippen LogP contribution is -2.25. The summed E-state index contributed by atoms with van der Waals surface area (Å²) in [5, 5.41) is 0. The van der Waals surface area contributed by atoms with E-state index < -0.39 is 29.8 Å². The van der Waals surface area contributed by atoms with Crippen molar-refractivity contribution < 1.29 is 32.2 Å². The average Bonchev–Trinajstić information content (AvgIpc) is 2.48. The van der Waals surface area contributed by atoms with Gasteiger partial charge in [0.05, 0.1) is 6.42 Å². The second-order valence-corrected chi connectivity index (χ2v) is 2.89. The van der Waals surface area contributed by atoms with Crippen LogP contribution in [0.15, 0.2) is 12.2 Å². The van der Waals surface area contributed by atoms with Crippen LogP contribution in [-0.4, -0.2) is 30.8 Å². The molecule has 7 heteroatoms. The summed E-state index contributed by atoms with van der Waals surface area (Å²) < 4.78 is 44.6. The van der Waals surface area contributed by atoms with Crippen LogP contribution >= 0.6 is 0 Å². The highest BCUT2D eigenvalue weighted by Gasteiger charge is 2.39. The molecule has 0 radical (unpaired) electrons. The van der Waals surface area contributed by atoms with Gasteiger partial charge < -0.3 is 9.47 Å². The van der Waals surface area contributed by atoms with Crippen molar-refractivity contribution >= 4 is 11.9 Å². The lowest BCUT2D eigenvalue weighted by molar-refractivity contribution is -0.155. The maximum atomic E-state index is 12.0. The quantitative estimate of drug-likeness (QED) is 0.518. The first-order valence-electron chi connectivity index (χ1n) is 3.93. The summed E-state index contributed by atoms with van der Waals surface area (Å²) in [7, 11) is 0. The number of hydrogen-bond donors (Lipinski definition) is 0. The van der Waals surface area contributed by atoms with E-state index >= 15 is 0 Å². The maximum absolute atomic E-state index is 12.0. The van der Waals surface area contributed by atoms with Crippen molar-refractivity contribution in [3.8, 4) is 0 Å². The fourth-order valence-corrected chi connectivity index (χ4v) is 0.904. The molecule has 1 heterocycles. The number of cyclic esters (lactones) is 1. The van der Waals surface area contributed by atoms with Crippen LogP contribution in [0.25, 0.3) is 0 Å². The second-order valence-electron chi connectivity index (χ2n) is 2.89. The molecule has 1 saturated heterocycles. The summed E-state index contributed by atoms with van der Waals surface area (Å²) in [5.74, 6) is -2.18. The minimum Gasteiger partial charge on any atom is -0.462 e. The van der Waals surface area contributed by atoms with Gasteiger partial charge in [0.15, 0.2) is 0 Å². The van der Waals surface area contributed by atoms with Crippen LogP contribution in [0.5, 0.6) is 0 Å². The fourth-order valence-electron chi connectivity index (χ4n) is 0.904. The zero-order valence-corrected chi connectivity index (χ0v) is 7.47. The molecule has 0 aliphatic carbocycles. The first kappa shape index (κ1) is 11.5. The number of rotatable bonds is 2. The van der Waals surface area contributed by atoms with Crippen LogP contribution in [-0.2, 0) is 19.1 Å². The third-order valence-electron chi connectivity index (χ3n) is 1.69. The largest absolute Gasteiger partial charge is 0.462 e. The van der Waals surface area contributed by atoms with Gasteiger partial charge >= 0.3 is 18.1 Å². The lowest BCUT2D eigenvalue weighted by Gasteiger charge is -2.12. The molecule has 1 aliphatic heterocycles. The van der Waals surface area contributed by atoms with Gasteiger partial charge in [-0.25, -0.2) is 4.79 Å². The highest BCUT2D eigenvalue weighted by molar-refractivity contribution is 5.89. The maximum Gasteiger partial charge on any atom is 0.422 e. The van der Waals surface area contributed by atoms with Gasteiger partial charge in [-0.15, -0.1) is 0 Å². The Balaban J connectivity index is 2.49. The molecule has 1 atom stereocenters. The van der Waals surface area contributed by atoms with Gasteiger partial charge in [0.2, 0.25) is 0 Å². The van der Waals surface area contributed by atoms with Crippen molar-refractivity contribution in [2.24, 2.45) is 0 Å². The first-order chi connectivity index (χ1) is 6.80. The lowest BCUT2D eigenvalue weighted by atomic mass is 10.3. The topological polar surface area (TPSA) is 52.6 Å². The van der Waals surface area contributed by atoms with Crippen LogP contribution in [0, 0.1) is 0 Å². The van der Waals surface area contributed by atoms with E-state index in [-0.39, 0.29) is 13.0 Å². The van der Waals surface area contributed by atoms with Crippen LogP contribution in [0.4, 0.5) is 13.2 Å². The minimum absolute atomic E-state index is 0.213. The van der Waals surface area contributed by atoms with Crippen molar-refractivity contribution in [1.29, 1.82) is 0 Å². The number of esters is 2. The molecule has 0 amide bonds. The van der Waals surface area contributed by atoms with Crippen molar-refractivity contribution in [1.82, 2.24) is 0 Å². The third-order valence-corrected chi connectivity index (χ3v) is 1.69. The second kappa shape index (κ2) is 3.92. The van der Waals surface area contributed by atoms with Gasteiger partial charge in [-0.2, -0.15) is 13.2 Å². The van der Waals surface area contributed by atoms with E-state index in [1.54, 1.807) is 0 Å². The summed E-state index contributed by atoms with van der Waals surface area (Å²) >= 11 is 0. The van der Waals surface area contributed by atoms with Crippen molar-refractivity contribution in [2.75, 3.05) is 6.61 Å². The molecular weight excluding hydrogens is 217 g/mol. The Morgan fingerprint density at radius 1 is 1.53 bits per heavy atom. The van der Waals surface area contributed by atoms with Crippen LogP contribution in [0.2, 0.25) is 0 Å². The normalized spacial score (nSPS) is 21.0. The Hall–Kier alpha value is -1.53. The molecule has 0 bridgehead atoms. The van der Waals surface area contributed by atoms with E-state index in [0.717, 1.165) is 0 Å². The molecule has 0 aromatic carbocycles. The molecule has 0 N–H and O–H groups in total. The molecule has 1 unspecified atom stereocenters. The Morgan fingerprint density at radius 3 is 2.53 bits per heavy atom. The molecule has 1 rings (SSSR count). The van der Waals surface area contributed by atoms with Gasteiger partial charge in [0.25, 0.3) is 0 Å². The molecule has 0 aromatic heterocycles. The molecule has 0 aromatic rings. The summed E-state index contributed by atoms with van der Waals surface area (Å²) in [5.41, 5.74) is -1.60. The SMILES string of the molecule is C=C(C(=O)OC1COC(=O)C1)C(F)(F)F. The van der Waals surface area contributed by atoms with Crippen molar-refractivity contribution in [2.45, 2.75) is 18.7 Å². The van der Waals surface area contributed by atoms with E-state index in [1.807, 2.05) is 0 Å². The summed E-state index contributed by atoms with van der Waals surface area (Å²) in [6.07, 6.45) is -6.00. The predicted molar refractivity (Wildman–Crippen MR) is 40.7 cm³/mol. The van der Waals surface area contributed by atoms with E-state index in [9.17, 15) is 22.8 Å². The summed E-state index contributed by atoms with van der Waals surface area (Å²) in [6, 6.07) is 0. The van der Waals surface area contributed by atoms with Crippen LogP contribution in [0.1, 0.15) is 6.42 Å². The standard InChI is InChI=1S/C8H7F3O4/c1-4(8(9,10)11)7(13)15-5-2-6(12)14-3-5/h5H,1-3H2. The van der Waals surface area contributed by atoms with E-state index in [2.05, 4.69) is 16.1 Å². The first-order valence-corrected chi connectivity index (χ1v) is 3.93. The van der Waals surface area contributed by atoms with Gasteiger partial charge in [-0.1, -0.05) is 6.58 Å². The zero-order chi connectivity index (χ0) is 11.6. The number of carbonyl (C=O) groups is 2. The molecule has 15 heavy (non-hydrogen) atoms. The molecule has 1 fully saturated rings.